The van der Waals surface area contributed by atoms with E-state index in [1.165, 1.54) is 0 Å². The van der Waals surface area contributed by atoms with E-state index in [4.69, 9.17) is 4.74 Å². The second-order valence-electron chi connectivity index (χ2n) is 5.64. The van der Waals surface area contributed by atoms with Gasteiger partial charge in [0.15, 0.2) is 0 Å². The fourth-order valence-electron chi connectivity index (χ4n) is 1.69. The Hall–Kier alpha value is -1.31. The van der Waals surface area contributed by atoms with Crippen LogP contribution in [-0.2, 0) is 16.0 Å². The van der Waals surface area contributed by atoms with Gasteiger partial charge in [-0.25, -0.2) is 4.79 Å². The number of nitrogens with one attached hydrogen (secondary N) is 2. The van der Waals surface area contributed by atoms with Gasteiger partial charge in [-0.3, -0.25) is 4.79 Å². The number of hydrogen-bond donors (Lipinski definition) is 2. The monoisotopic (exact) mass is 404 g/mol. The van der Waals surface area contributed by atoms with E-state index >= 15 is 0 Å². The second kappa shape index (κ2) is 7.63. The van der Waals surface area contributed by atoms with Crippen LogP contribution in [0, 0.1) is 3.57 Å². The van der Waals surface area contributed by atoms with Gasteiger partial charge >= 0.3 is 6.09 Å². The van der Waals surface area contributed by atoms with E-state index in [2.05, 4.69) is 33.2 Å². The highest BCUT2D eigenvalue weighted by atomic mass is 127. The van der Waals surface area contributed by atoms with Crippen molar-refractivity contribution in [3.05, 3.63) is 33.4 Å². The molecular weight excluding hydrogens is 383 g/mol. The molecule has 0 spiro atoms. The third kappa shape index (κ3) is 6.79. The minimum absolute atomic E-state index is 0.251. The summed E-state index contributed by atoms with van der Waals surface area (Å²) in [4.78, 5) is 23.7. The molecule has 0 aliphatic heterocycles. The van der Waals surface area contributed by atoms with Crippen molar-refractivity contribution >= 4 is 34.6 Å². The molecule has 0 bridgehead atoms. The molecule has 1 aromatic rings. The number of alkyl carbamates (subject to hydrolysis) is 1. The molecule has 1 rings (SSSR count). The minimum atomic E-state index is -0.662. The predicted octanol–water partition coefficient (Wildman–Crippen LogP) is 2.47. The van der Waals surface area contributed by atoms with E-state index in [0.717, 1.165) is 9.13 Å². The van der Waals surface area contributed by atoms with Crippen molar-refractivity contribution < 1.29 is 14.3 Å². The number of ether oxygens (including phenoxy) is 1. The highest BCUT2D eigenvalue weighted by Gasteiger charge is 2.23. The number of benzene rings is 1. The molecule has 1 atom stereocenters. The molecule has 0 aliphatic rings. The van der Waals surface area contributed by atoms with E-state index in [1.807, 2.05) is 24.3 Å². The molecule has 0 radical (unpaired) electrons. The van der Waals surface area contributed by atoms with Gasteiger partial charge in [-0.2, -0.15) is 0 Å². The smallest absolute Gasteiger partial charge is 0.408 e. The van der Waals surface area contributed by atoms with Crippen LogP contribution in [0.1, 0.15) is 26.3 Å². The Bertz CT molecular complexity index is 495. The summed E-state index contributed by atoms with van der Waals surface area (Å²) >= 11 is 2.22. The molecular formula is C15H21IN2O3. The fraction of sp³-hybridized carbons (Fsp3) is 0.467. The van der Waals surface area contributed by atoms with Crippen LogP contribution in [0.15, 0.2) is 24.3 Å². The van der Waals surface area contributed by atoms with E-state index in [0.29, 0.717) is 6.42 Å². The first-order valence-electron chi connectivity index (χ1n) is 6.67. The standard InChI is InChI=1S/C15H21IN2O3/c1-15(2,3)21-14(20)18-12(13(19)17-4)9-10-5-7-11(16)8-6-10/h5-8,12H,9H2,1-4H3,(H,17,19)(H,18,20)/t12-/m0/s1. The zero-order valence-electron chi connectivity index (χ0n) is 12.7. The first-order valence-corrected chi connectivity index (χ1v) is 7.74. The largest absolute Gasteiger partial charge is 0.444 e. The molecule has 0 fully saturated rings. The van der Waals surface area contributed by atoms with E-state index in [9.17, 15) is 9.59 Å². The quantitative estimate of drug-likeness (QED) is 0.758. The minimum Gasteiger partial charge on any atom is -0.444 e. The van der Waals surface area contributed by atoms with Crippen molar-refractivity contribution in [2.24, 2.45) is 0 Å². The zero-order valence-corrected chi connectivity index (χ0v) is 14.9. The molecule has 0 saturated heterocycles. The Labute approximate surface area is 139 Å². The van der Waals surface area contributed by atoms with Crippen LogP contribution in [-0.4, -0.2) is 30.7 Å². The molecule has 0 aromatic heterocycles. The summed E-state index contributed by atoms with van der Waals surface area (Å²) in [5.74, 6) is -0.251. The van der Waals surface area contributed by atoms with Gasteiger partial charge in [0.1, 0.15) is 11.6 Å². The number of likely N-dealkylation sites (N-methyl/N-ethyl adjacent to an activating group) is 1. The Morgan fingerprint density at radius 2 is 1.81 bits per heavy atom. The molecule has 5 nitrogen and oxygen atoms in total. The number of halogens is 1. The van der Waals surface area contributed by atoms with Crippen molar-refractivity contribution in [2.75, 3.05) is 7.05 Å². The molecule has 116 valence electrons. The van der Waals surface area contributed by atoms with Crippen molar-refractivity contribution in [1.82, 2.24) is 10.6 Å². The molecule has 0 heterocycles. The number of carbonyl (C=O) groups excluding carboxylic acids is 2. The van der Waals surface area contributed by atoms with Crippen LogP contribution in [0.4, 0.5) is 4.79 Å². The molecule has 0 aliphatic carbocycles. The fourth-order valence-corrected chi connectivity index (χ4v) is 2.05. The summed E-state index contributed by atoms with van der Waals surface area (Å²) in [5, 5.41) is 5.17. The summed E-state index contributed by atoms with van der Waals surface area (Å²) in [6, 6.07) is 7.14. The van der Waals surface area contributed by atoms with Gasteiger partial charge in [-0.1, -0.05) is 12.1 Å². The van der Waals surface area contributed by atoms with Gasteiger partial charge in [-0.05, 0) is 61.1 Å². The summed E-state index contributed by atoms with van der Waals surface area (Å²) in [6.45, 7) is 5.34. The van der Waals surface area contributed by atoms with Gasteiger partial charge in [-0.15, -0.1) is 0 Å². The highest BCUT2D eigenvalue weighted by Crippen LogP contribution is 2.10. The Morgan fingerprint density at radius 3 is 2.29 bits per heavy atom. The van der Waals surface area contributed by atoms with Crippen LogP contribution in [0.2, 0.25) is 0 Å². The van der Waals surface area contributed by atoms with E-state index in [1.54, 1.807) is 27.8 Å². The summed E-state index contributed by atoms with van der Waals surface area (Å²) < 4.78 is 6.31. The molecule has 2 amide bonds. The topological polar surface area (TPSA) is 67.4 Å². The van der Waals surface area contributed by atoms with E-state index in [-0.39, 0.29) is 5.91 Å². The lowest BCUT2D eigenvalue weighted by Gasteiger charge is -2.23. The van der Waals surface area contributed by atoms with Gasteiger partial charge in [0, 0.05) is 17.0 Å². The normalized spacial score (nSPS) is 12.4. The average molecular weight is 404 g/mol. The molecule has 6 heteroatoms. The maximum atomic E-state index is 11.9. The van der Waals surface area contributed by atoms with Gasteiger partial charge in [0.2, 0.25) is 5.91 Å². The van der Waals surface area contributed by atoms with Crippen molar-refractivity contribution in [3.8, 4) is 0 Å². The maximum absolute atomic E-state index is 11.9. The lowest BCUT2D eigenvalue weighted by Crippen LogP contribution is -2.48. The SMILES string of the molecule is CNC(=O)[C@H](Cc1ccc(I)cc1)NC(=O)OC(C)(C)C. The zero-order chi connectivity index (χ0) is 16.0. The van der Waals surface area contributed by atoms with Crippen LogP contribution < -0.4 is 10.6 Å². The van der Waals surface area contributed by atoms with Crippen LogP contribution in [0.3, 0.4) is 0 Å². The van der Waals surface area contributed by atoms with Gasteiger partial charge in [0.05, 0.1) is 0 Å². The van der Waals surface area contributed by atoms with Crippen LogP contribution >= 0.6 is 22.6 Å². The average Bonchev–Trinajstić information content (AvgIpc) is 2.37. The third-order valence-corrected chi connectivity index (χ3v) is 3.33. The van der Waals surface area contributed by atoms with E-state index < -0.39 is 17.7 Å². The summed E-state index contributed by atoms with van der Waals surface area (Å²) in [6.07, 6.45) is -0.183. The van der Waals surface area contributed by atoms with Gasteiger partial charge < -0.3 is 15.4 Å². The highest BCUT2D eigenvalue weighted by molar-refractivity contribution is 14.1. The molecule has 1 aromatic carbocycles. The number of amides is 2. The number of rotatable bonds is 4. The molecule has 0 saturated carbocycles. The Balaban J connectivity index is 2.74. The Kier molecular flexibility index (Phi) is 6.44. The van der Waals surface area contributed by atoms with Crippen LogP contribution in [0.25, 0.3) is 0 Å². The number of hydrogen-bond acceptors (Lipinski definition) is 3. The maximum Gasteiger partial charge on any atom is 0.408 e. The molecule has 0 unspecified atom stereocenters. The van der Waals surface area contributed by atoms with Crippen molar-refractivity contribution in [2.45, 2.75) is 38.8 Å². The van der Waals surface area contributed by atoms with Gasteiger partial charge in [0.25, 0.3) is 0 Å². The summed E-state index contributed by atoms with van der Waals surface area (Å²) in [5.41, 5.74) is 0.375. The molecule has 21 heavy (non-hydrogen) atoms. The lowest BCUT2D eigenvalue weighted by molar-refractivity contribution is -0.122. The van der Waals surface area contributed by atoms with Crippen molar-refractivity contribution in [3.63, 3.8) is 0 Å². The first-order chi connectivity index (χ1) is 9.71. The Morgan fingerprint density at radius 1 is 1.24 bits per heavy atom. The predicted molar refractivity (Wildman–Crippen MR) is 90.1 cm³/mol. The number of carbonyl (C=O) groups is 2. The summed E-state index contributed by atoms with van der Waals surface area (Å²) in [7, 11) is 1.54. The first kappa shape index (κ1) is 17.7. The van der Waals surface area contributed by atoms with Crippen molar-refractivity contribution in [1.29, 1.82) is 0 Å². The lowest BCUT2D eigenvalue weighted by atomic mass is 10.1. The second-order valence-corrected chi connectivity index (χ2v) is 6.89. The molecule has 2 N–H and O–H groups in total. The third-order valence-electron chi connectivity index (χ3n) is 2.61. The van der Waals surface area contributed by atoms with Crippen LogP contribution in [0.5, 0.6) is 0 Å².